The maximum absolute atomic E-state index is 12.8. The Balaban J connectivity index is 1.24. The lowest BCUT2D eigenvalue weighted by Crippen LogP contribution is -2.42. The van der Waals surface area contributed by atoms with Crippen LogP contribution < -0.4 is 5.32 Å². The van der Waals surface area contributed by atoms with Crippen LogP contribution in [0.1, 0.15) is 42.3 Å². The van der Waals surface area contributed by atoms with E-state index in [0.717, 1.165) is 33.4 Å². The van der Waals surface area contributed by atoms with Crippen LogP contribution in [0.25, 0.3) is 34.0 Å². The van der Waals surface area contributed by atoms with E-state index in [2.05, 4.69) is 48.4 Å². The van der Waals surface area contributed by atoms with E-state index in [1.54, 1.807) is 24.3 Å². The molecule has 0 fully saturated rings. The molecule has 0 saturated carbocycles. The molecule has 206 valence electrons. The molecule has 7 nitrogen and oxygen atoms in total. The van der Waals surface area contributed by atoms with Crippen molar-refractivity contribution in [3.63, 3.8) is 0 Å². The fourth-order valence-electron chi connectivity index (χ4n) is 4.48. The molecular formula is C34H31N3O4. The Morgan fingerprint density at radius 2 is 1.37 bits per heavy atom. The fourth-order valence-corrected chi connectivity index (χ4v) is 4.48. The van der Waals surface area contributed by atoms with Crippen LogP contribution in [0.3, 0.4) is 0 Å². The van der Waals surface area contributed by atoms with Gasteiger partial charge in [-0.25, -0.2) is 4.79 Å². The van der Waals surface area contributed by atoms with E-state index < -0.39 is 17.9 Å². The van der Waals surface area contributed by atoms with Crippen LogP contribution in [0.5, 0.6) is 0 Å². The third kappa shape index (κ3) is 6.58. The van der Waals surface area contributed by atoms with Crippen LogP contribution in [-0.4, -0.2) is 33.2 Å². The predicted molar refractivity (Wildman–Crippen MR) is 158 cm³/mol. The Labute approximate surface area is 238 Å². The Bertz CT molecular complexity index is 1630. The lowest BCUT2D eigenvalue weighted by molar-refractivity contribution is -0.139. The smallest absolute Gasteiger partial charge is 0.326 e. The highest BCUT2D eigenvalue weighted by molar-refractivity contribution is 5.96. The average molecular weight is 546 g/mol. The van der Waals surface area contributed by atoms with Gasteiger partial charge in [-0.05, 0) is 51.9 Å². The Kier molecular flexibility index (Phi) is 7.79. The number of carboxylic acid groups (broad SMARTS) is 1. The lowest BCUT2D eigenvalue weighted by Gasteiger charge is -2.19. The number of hydrogen-bond acceptors (Lipinski definition) is 5. The first-order chi connectivity index (χ1) is 19.7. The van der Waals surface area contributed by atoms with E-state index in [4.69, 9.17) is 4.52 Å². The quantitative estimate of drug-likeness (QED) is 0.222. The molecule has 7 heteroatoms. The highest BCUT2D eigenvalue weighted by Gasteiger charge is 2.22. The summed E-state index contributed by atoms with van der Waals surface area (Å²) in [5.41, 5.74) is 6.00. The normalized spacial score (nSPS) is 12.1. The summed E-state index contributed by atoms with van der Waals surface area (Å²) < 4.78 is 5.50. The zero-order valence-corrected chi connectivity index (χ0v) is 23.2. The van der Waals surface area contributed by atoms with Crippen molar-refractivity contribution in [3.05, 3.63) is 120 Å². The Hall–Kier alpha value is -5.04. The van der Waals surface area contributed by atoms with Crippen LogP contribution in [0.15, 0.2) is 108 Å². The fraction of sp³-hybridized carbons (Fsp3) is 0.176. The first kappa shape index (κ1) is 27.5. The van der Waals surface area contributed by atoms with E-state index in [0.29, 0.717) is 17.3 Å². The minimum absolute atomic E-state index is 0.0397. The molecule has 2 N–H and O–H groups in total. The third-order valence-electron chi connectivity index (χ3n) is 6.93. The maximum atomic E-state index is 12.8. The number of aliphatic carboxylic acids is 1. The number of nitrogens with zero attached hydrogens (tertiary/aromatic N) is 2. The summed E-state index contributed by atoms with van der Waals surface area (Å²) >= 11 is 0. The van der Waals surface area contributed by atoms with Gasteiger partial charge in [-0.15, -0.1) is 0 Å². The summed E-state index contributed by atoms with van der Waals surface area (Å²) in [5, 5.41) is 16.5. The predicted octanol–water partition coefficient (Wildman–Crippen LogP) is 6.79. The molecule has 41 heavy (non-hydrogen) atoms. The summed E-state index contributed by atoms with van der Waals surface area (Å²) in [6.45, 7) is 6.28. The van der Waals surface area contributed by atoms with Gasteiger partial charge in [-0.1, -0.05) is 105 Å². The number of nitrogens with one attached hydrogen (secondary N) is 1. The van der Waals surface area contributed by atoms with Crippen molar-refractivity contribution in [2.45, 2.75) is 38.6 Å². The van der Waals surface area contributed by atoms with Gasteiger partial charge in [0.15, 0.2) is 0 Å². The molecule has 0 saturated heterocycles. The second kappa shape index (κ2) is 11.6. The second-order valence-corrected chi connectivity index (χ2v) is 11.0. The molecule has 5 rings (SSSR count). The van der Waals surface area contributed by atoms with Crippen molar-refractivity contribution in [1.29, 1.82) is 0 Å². The highest BCUT2D eigenvalue weighted by Crippen LogP contribution is 2.26. The monoisotopic (exact) mass is 545 g/mol. The van der Waals surface area contributed by atoms with E-state index in [1.807, 2.05) is 66.7 Å². The van der Waals surface area contributed by atoms with Gasteiger partial charge in [-0.3, -0.25) is 4.79 Å². The van der Waals surface area contributed by atoms with Crippen LogP contribution in [-0.2, 0) is 16.6 Å². The van der Waals surface area contributed by atoms with Crippen molar-refractivity contribution in [2.75, 3.05) is 0 Å². The van der Waals surface area contributed by atoms with Crippen molar-refractivity contribution in [1.82, 2.24) is 15.5 Å². The molecule has 1 unspecified atom stereocenters. The zero-order valence-electron chi connectivity index (χ0n) is 23.2. The van der Waals surface area contributed by atoms with E-state index >= 15 is 0 Å². The molecule has 0 aliphatic heterocycles. The van der Waals surface area contributed by atoms with Gasteiger partial charge >= 0.3 is 5.97 Å². The van der Waals surface area contributed by atoms with Gasteiger partial charge in [0.25, 0.3) is 11.8 Å². The lowest BCUT2D eigenvalue weighted by atomic mass is 9.86. The molecule has 0 spiro atoms. The summed E-state index contributed by atoms with van der Waals surface area (Å²) in [6.07, 6.45) is 0.132. The molecule has 0 aliphatic carbocycles. The summed E-state index contributed by atoms with van der Waals surface area (Å²) in [7, 11) is 0. The molecular weight excluding hydrogens is 514 g/mol. The van der Waals surface area contributed by atoms with E-state index in [-0.39, 0.29) is 11.8 Å². The molecule has 0 radical (unpaired) electrons. The molecule has 1 aromatic heterocycles. The SMILES string of the molecule is CC(C)(C)c1ccc(C(=O)NC(Cc2ccc(-c3noc(-c4ccc(-c5ccccc5)cc4)n3)cc2)C(=O)O)cc1. The van der Waals surface area contributed by atoms with Crippen LogP contribution in [0, 0.1) is 0 Å². The third-order valence-corrected chi connectivity index (χ3v) is 6.93. The summed E-state index contributed by atoms with van der Waals surface area (Å²) in [6, 6.07) is 31.4. The standard InChI is InChI=1S/C34H31N3O4/c1-34(2,3)28-19-17-26(18-20-28)31(38)35-29(33(39)40)21-22-9-11-25(12-10-22)30-36-32(41-37-30)27-15-13-24(14-16-27)23-7-5-4-6-8-23/h4-20,29H,21H2,1-3H3,(H,35,38)(H,39,40). The van der Waals surface area contributed by atoms with E-state index in [9.17, 15) is 14.7 Å². The summed E-state index contributed by atoms with van der Waals surface area (Å²) in [5.74, 6) is -0.686. The highest BCUT2D eigenvalue weighted by atomic mass is 16.5. The molecule has 1 amide bonds. The number of carbonyl (C=O) groups excluding carboxylic acids is 1. The van der Waals surface area contributed by atoms with Gasteiger partial charge in [0.1, 0.15) is 6.04 Å². The first-order valence-corrected chi connectivity index (χ1v) is 13.4. The number of carbonyl (C=O) groups is 2. The maximum Gasteiger partial charge on any atom is 0.326 e. The number of carboxylic acids is 1. The Morgan fingerprint density at radius 3 is 1.98 bits per heavy atom. The van der Waals surface area contributed by atoms with Gasteiger partial charge in [-0.2, -0.15) is 4.98 Å². The minimum Gasteiger partial charge on any atom is -0.480 e. The topological polar surface area (TPSA) is 105 Å². The number of benzene rings is 4. The van der Waals surface area contributed by atoms with Crippen LogP contribution in [0.4, 0.5) is 0 Å². The van der Waals surface area contributed by atoms with Gasteiger partial charge in [0, 0.05) is 23.1 Å². The largest absolute Gasteiger partial charge is 0.480 e. The van der Waals surface area contributed by atoms with Crippen molar-refractivity contribution in [3.8, 4) is 34.0 Å². The molecule has 0 aliphatic rings. The number of aromatic nitrogens is 2. The molecule has 1 atom stereocenters. The van der Waals surface area contributed by atoms with Crippen LogP contribution in [0.2, 0.25) is 0 Å². The van der Waals surface area contributed by atoms with Crippen LogP contribution >= 0.6 is 0 Å². The van der Waals surface area contributed by atoms with Crippen molar-refractivity contribution < 1.29 is 19.2 Å². The Morgan fingerprint density at radius 1 is 0.780 bits per heavy atom. The van der Waals surface area contributed by atoms with Crippen molar-refractivity contribution in [2.24, 2.45) is 0 Å². The van der Waals surface area contributed by atoms with E-state index in [1.165, 1.54) is 0 Å². The van der Waals surface area contributed by atoms with Crippen molar-refractivity contribution >= 4 is 11.9 Å². The average Bonchev–Trinajstić information content (AvgIpc) is 3.48. The molecule has 4 aromatic carbocycles. The molecule has 5 aromatic rings. The number of hydrogen-bond donors (Lipinski definition) is 2. The molecule has 0 bridgehead atoms. The van der Waals surface area contributed by atoms with Gasteiger partial charge in [0.05, 0.1) is 0 Å². The number of rotatable bonds is 8. The number of amides is 1. The van der Waals surface area contributed by atoms with Gasteiger partial charge < -0.3 is 14.9 Å². The minimum atomic E-state index is -1.10. The van der Waals surface area contributed by atoms with Gasteiger partial charge in [0.2, 0.25) is 5.82 Å². The first-order valence-electron chi connectivity index (χ1n) is 13.4. The molecule has 1 heterocycles. The summed E-state index contributed by atoms with van der Waals surface area (Å²) in [4.78, 5) is 29.2. The zero-order chi connectivity index (χ0) is 29.0. The second-order valence-electron chi connectivity index (χ2n) is 11.0.